The Kier molecular flexibility index (Phi) is 2.00. The van der Waals surface area contributed by atoms with Gasteiger partial charge < -0.3 is 5.32 Å². The molecule has 1 N–H and O–H groups in total. The van der Waals surface area contributed by atoms with Gasteiger partial charge in [0.1, 0.15) is 5.15 Å². The number of pyridine rings is 1. The van der Waals surface area contributed by atoms with Gasteiger partial charge in [-0.05, 0) is 25.5 Å². The van der Waals surface area contributed by atoms with Gasteiger partial charge in [0.25, 0.3) is 0 Å². The fraction of sp³-hybridized carbons (Fsp3) is 0.400. The minimum Gasteiger partial charge on any atom is -0.351 e. The van der Waals surface area contributed by atoms with E-state index in [-0.39, 0.29) is 5.91 Å². The molecule has 0 bridgehead atoms. The van der Waals surface area contributed by atoms with Crippen LogP contribution in [-0.2, 0) is 16.8 Å². The van der Waals surface area contributed by atoms with Crippen molar-refractivity contribution < 1.29 is 4.79 Å². The Morgan fingerprint density at radius 1 is 1.50 bits per heavy atom. The predicted octanol–water partition coefficient (Wildman–Crippen LogP) is 1.64. The normalized spacial score (nSPS) is 18.6. The number of halogens is 1. The SMILES string of the molecule is CC1(C)C(=O)NCc2ccc(Cl)nc21. The van der Waals surface area contributed by atoms with Gasteiger partial charge in [-0.1, -0.05) is 17.7 Å². The van der Waals surface area contributed by atoms with Crippen molar-refractivity contribution in [3.05, 3.63) is 28.5 Å². The van der Waals surface area contributed by atoms with E-state index in [1.807, 2.05) is 19.9 Å². The van der Waals surface area contributed by atoms with Gasteiger partial charge in [0.15, 0.2) is 0 Å². The molecule has 4 heteroatoms. The molecule has 1 aromatic heterocycles. The van der Waals surface area contributed by atoms with Gasteiger partial charge in [0, 0.05) is 6.54 Å². The number of aromatic nitrogens is 1. The summed E-state index contributed by atoms with van der Waals surface area (Å²) in [7, 11) is 0. The monoisotopic (exact) mass is 210 g/mol. The molecule has 0 aromatic carbocycles. The van der Waals surface area contributed by atoms with E-state index in [1.54, 1.807) is 6.07 Å². The van der Waals surface area contributed by atoms with E-state index < -0.39 is 5.41 Å². The number of hydrogen-bond acceptors (Lipinski definition) is 2. The van der Waals surface area contributed by atoms with E-state index in [9.17, 15) is 4.79 Å². The molecular formula is C10H11ClN2O. The van der Waals surface area contributed by atoms with Crippen LogP contribution in [0.1, 0.15) is 25.1 Å². The number of fused-ring (bicyclic) bond motifs is 1. The van der Waals surface area contributed by atoms with Crippen LogP contribution in [0.25, 0.3) is 0 Å². The third-order valence-corrected chi connectivity index (χ3v) is 2.75. The van der Waals surface area contributed by atoms with Crippen LogP contribution in [0.2, 0.25) is 5.15 Å². The molecule has 2 heterocycles. The van der Waals surface area contributed by atoms with Crippen LogP contribution in [0.4, 0.5) is 0 Å². The van der Waals surface area contributed by atoms with Crippen molar-refractivity contribution in [3.8, 4) is 0 Å². The van der Waals surface area contributed by atoms with Crippen LogP contribution >= 0.6 is 11.6 Å². The summed E-state index contributed by atoms with van der Waals surface area (Å²) in [5.74, 6) is -0.000216. The smallest absolute Gasteiger partial charge is 0.231 e. The molecule has 0 radical (unpaired) electrons. The van der Waals surface area contributed by atoms with Crippen molar-refractivity contribution >= 4 is 17.5 Å². The van der Waals surface area contributed by atoms with E-state index >= 15 is 0 Å². The van der Waals surface area contributed by atoms with Gasteiger partial charge in [-0.3, -0.25) is 4.79 Å². The highest BCUT2D eigenvalue weighted by atomic mass is 35.5. The summed E-state index contributed by atoms with van der Waals surface area (Å²) in [6, 6.07) is 3.65. The first-order chi connectivity index (χ1) is 6.51. The zero-order chi connectivity index (χ0) is 10.3. The quantitative estimate of drug-likeness (QED) is 0.662. The highest BCUT2D eigenvalue weighted by Crippen LogP contribution is 2.29. The Hall–Kier alpha value is -1.09. The molecule has 0 aliphatic carbocycles. The van der Waals surface area contributed by atoms with Crippen molar-refractivity contribution in [1.82, 2.24) is 10.3 Å². The second kappa shape index (κ2) is 2.95. The molecule has 1 amide bonds. The highest BCUT2D eigenvalue weighted by Gasteiger charge is 2.36. The molecule has 14 heavy (non-hydrogen) atoms. The van der Waals surface area contributed by atoms with E-state index in [1.165, 1.54) is 0 Å². The maximum absolute atomic E-state index is 11.6. The first-order valence-electron chi connectivity index (χ1n) is 4.46. The minimum atomic E-state index is -0.585. The summed E-state index contributed by atoms with van der Waals surface area (Å²) in [5, 5.41) is 3.26. The summed E-state index contributed by atoms with van der Waals surface area (Å²) in [6.45, 7) is 4.25. The maximum Gasteiger partial charge on any atom is 0.231 e. The highest BCUT2D eigenvalue weighted by molar-refractivity contribution is 6.29. The second-order valence-electron chi connectivity index (χ2n) is 3.95. The average molecular weight is 211 g/mol. The molecule has 1 aliphatic rings. The summed E-state index contributed by atoms with van der Waals surface area (Å²) in [5.41, 5.74) is 1.24. The Morgan fingerprint density at radius 2 is 2.21 bits per heavy atom. The molecular weight excluding hydrogens is 200 g/mol. The lowest BCUT2D eigenvalue weighted by atomic mass is 9.82. The standard InChI is InChI=1S/C10H11ClN2O/c1-10(2)8-6(5-12-9(10)14)3-4-7(11)13-8/h3-4H,5H2,1-2H3,(H,12,14). The maximum atomic E-state index is 11.6. The molecule has 0 unspecified atom stereocenters. The van der Waals surface area contributed by atoms with Crippen LogP contribution < -0.4 is 5.32 Å². The van der Waals surface area contributed by atoms with Gasteiger partial charge in [-0.15, -0.1) is 0 Å². The van der Waals surface area contributed by atoms with Crippen molar-refractivity contribution in [1.29, 1.82) is 0 Å². The van der Waals surface area contributed by atoms with Crippen molar-refractivity contribution in [2.45, 2.75) is 25.8 Å². The number of rotatable bonds is 0. The van der Waals surface area contributed by atoms with Gasteiger partial charge in [0.2, 0.25) is 5.91 Å². The number of nitrogens with one attached hydrogen (secondary N) is 1. The molecule has 1 aliphatic heterocycles. The van der Waals surface area contributed by atoms with E-state index in [4.69, 9.17) is 11.6 Å². The van der Waals surface area contributed by atoms with Gasteiger partial charge >= 0.3 is 0 Å². The summed E-state index contributed by atoms with van der Waals surface area (Å²) >= 11 is 5.81. The first kappa shape index (κ1) is 9.46. The number of amides is 1. The van der Waals surface area contributed by atoms with E-state index in [0.717, 1.165) is 11.3 Å². The van der Waals surface area contributed by atoms with Gasteiger partial charge in [-0.25, -0.2) is 4.98 Å². The third-order valence-electron chi connectivity index (χ3n) is 2.54. The number of nitrogens with zero attached hydrogens (tertiary/aromatic N) is 1. The average Bonchev–Trinajstić information content (AvgIpc) is 2.13. The van der Waals surface area contributed by atoms with Crippen LogP contribution in [0.5, 0.6) is 0 Å². The fourth-order valence-electron chi connectivity index (χ4n) is 1.65. The second-order valence-corrected chi connectivity index (χ2v) is 4.34. The van der Waals surface area contributed by atoms with Gasteiger partial charge in [0.05, 0.1) is 11.1 Å². The Morgan fingerprint density at radius 3 is 2.93 bits per heavy atom. The Labute approximate surface area is 87.5 Å². The number of hydrogen-bond donors (Lipinski definition) is 1. The topological polar surface area (TPSA) is 42.0 Å². The molecule has 0 fully saturated rings. The molecule has 0 saturated heterocycles. The lowest BCUT2D eigenvalue weighted by molar-refractivity contribution is -0.126. The van der Waals surface area contributed by atoms with Crippen LogP contribution in [0.15, 0.2) is 12.1 Å². The molecule has 0 saturated carbocycles. The number of carbonyl (C=O) groups excluding carboxylic acids is 1. The molecule has 1 aromatic rings. The van der Waals surface area contributed by atoms with E-state index in [0.29, 0.717) is 11.7 Å². The molecule has 74 valence electrons. The summed E-state index contributed by atoms with van der Waals surface area (Å²) in [4.78, 5) is 15.8. The van der Waals surface area contributed by atoms with Crippen molar-refractivity contribution in [2.24, 2.45) is 0 Å². The Bertz CT molecular complexity index is 401. The van der Waals surface area contributed by atoms with E-state index in [2.05, 4.69) is 10.3 Å². The summed E-state index contributed by atoms with van der Waals surface area (Å²) < 4.78 is 0. The first-order valence-corrected chi connectivity index (χ1v) is 4.84. The van der Waals surface area contributed by atoms with Crippen LogP contribution in [-0.4, -0.2) is 10.9 Å². The fourth-order valence-corrected chi connectivity index (χ4v) is 1.80. The van der Waals surface area contributed by atoms with Crippen LogP contribution in [0.3, 0.4) is 0 Å². The predicted molar refractivity (Wildman–Crippen MR) is 54.1 cm³/mol. The molecule has 0 atom stereocenters. The van der Waals surface area contributed by atoms with Crippen molar-refractivity contribution in [2.75, 3.05) is 0 Å². The summed E-state index contributed by atoms with van der Waals surface area (Å²) in [6.07, 6.45) is 0. The van der Waals surface area contributed by atoms with Crippen LogP contribution in [0, 0.1) is 0 Å². The number of carbonyl (C=O) groups is 1. The lowest BCUT2D eigenvalue weighted by Gasteiger charge is -2.30. The van der Waals surface area contributed by atoms with Gasteiger partial charge in [-0.2, -0.15) is 0 Å². The molecule has 0 spiro atoms. The third kappa shape index (κ3) is 1.28. The lowest BCUT2D eigenvalue weighted by Crippen LogP contribution is -2.45. The molecule has 3 nitrogen and oxygen atoms in total. The zero-order valence-corrected chi connectivity index (χ0v) is 8.85. The zero-order valence-electron chi connectivity index (χ0n) is 8.10. The Balaban J connectivity index is 2.61. The largest absolute Gasteiger partial charge is 0.351 e. The minimum absolute atomic E-state index is 0.000216. The molecule has 2 rings (SSSR count). The van der Waals surface area contributed by atoms with Crippen molar-refractivity contribution in [3.63, 3.8) is 0 Å².